The molecule has 0 bridgehead atoms. The first-order valence-electron chi connectivity index (χ1n) is 10.3. The molecule has 2 aromatic carbocycles. The van der Waals surface area contributed by atoms with Gasteiger partial charge in [-0.1, -0.05) is 23.2 Å². The molecule has 5 nitrogen and oxygen atoms in total. The van der Waals surface area contributed by atoms with E-state index in [1.165, 1.54) is 12.8 Å². The lowest BCUT2D eigenvalue weighted by Crippen LogP contribution is -2.19. The smallest absolute Gasteiger partial charge is 0.271 e. The summed E-state index contributed by atoms with van der Waals surface area (Å²) in [6, 6.07) is 15.2. The lowest BCUT2D eigenvalue weighted by atomic mass is 10.2. The standard InChI is InChI=1S/C24H24Cl2N4O/c1-16-13-19(17(2)30(16)21-9-10-22(25)23(26)14-21)15-27-28-24(31)18-5-7-20(8-6-18)29-11-3-4-12-29/h5-10,13-15H,3-4,11-12H2,1-2H3,(H,28,31)/b27-15+. The van der Waals surface area contributed by atoms with Crippen molar-refractivity contribution in [1.29, 1.82) is 0 Å². The summed E-state index contributed by atoms with van der Waals surface area (Å²) in [5, 5.41) is 5.19. The van der Waals surface area contributed by atoms with Crippen molar-refractivity contribution >= 4 is 41.0 Å². The first-order chi connectivity index (χ1) is 14.9. The Labute approximate surface area is 192 Å². The maximum absolute atomic E-state index is 12.4. The molecule has 0 spiro atoms. The summed E-state index contributed by atoms with van der Waals surface area (Å²) in [5.74, 6) is -0.234. The molecule has 0 unspecified atom stereocenters. The van der Waals surface area contributed by atoms with E-state index >= 15 is 0 Å². The average molecular weight is 455 g/mol. The van der Waals surface area contributed by atoms with Crippen LogP contribution in [0.25, 0.3) is 5.69 Å². The van der Waals surface area contributed by atoms with Gasteiger partial charge in [-0.2, -0.15) is 5.10 Å². The van der Waals surface area contributed by atoms with Crippen LogP contribution in [0.2, 0.25) is 10.0 Å². The Morgan fingerprint density at radius 3 is 2.32 bits per heavy atom. The number of hydrogen-bond acceptors (Lipinski definition) is 3. The molecule has 0 atom stereocenters. The fraction of sp³-hybridized carbons (Fsp3) is 0.250. The summed E-state index contributed by atoms with van der Waals surface area (Å²) in [4.78, 5) is 14.8. The van der Waals surface area contributed by atoms with Crippen molar-refractivity contribution in [2.24, 2.45) is 5.10 Å². The lowest BCUT2D eigenvalue weighted by Gasteiger charge is -2.17. The summed E-state index contributed by atoms with van der Waals surface area (Å²) >= 11 is 12.2. The molecule has 31 heavy (non-hydrogen) atoms. The maximum Gasteiger partial charge on any atom is 0.271 e. The highest BCUT2D eigenvalue weighted by atomic mass is 35.5. The van der Waals surface area contributed by atoms with Gasteiger partial charge in [0, 0.05) is 47.0 Å². The molecule has 0 saturated carbocycles. The largest absolute Gasteiger partial charge is 0.372 e. The fourth-order valence-corrected chi connectivity index (χ4v) is 4.26. The van der Waals surface area contributed by atoms with E-state index < -0.39 is 0 Å². The Hall–Kier alpha value is -2.76. The van der Waals surface area contributed by atoms with Crippen LogP contribution in [-0.4, -0.2) is 29.8 Å². The third-order valence-corrected chi connectivity index (χ3v) is 6.34. The number of aromatic nitrogens is 1. The highest BCUT2D eigenvalue weighted by Gasteiger charge is 2.13. The Bertz CT molecular complexity index is 1130. The topological polar surface area (TPSA) is 49.6 Å². The van der Waals surface area contributed by atoms with Crippen LogP contribution in [0.5, 0.6) is 0 Å². The molecule has 160 valence electrons. The SMILES string of the molecule is Cc1cc(/C=N/NC(=O)c2ccc(N3CCCC3)cc2)c(C)n1-c1ccc(Cl)c(Cl)c1. The van der Waals surface area contributed by atoms with Crippen molar-refractivity contribution in [2.45, 2.75) is 26.7 Å². The molecule has 1 fully saturated rings. The molecule has 3 aromatic rings. The Morgan fingerprint density at radius 2 is 1.65 bits per heavy atom. The molecule has 0 radical (unpaired) electrons. The number of hydrazone groups is 1. The molecular weight excluding hydrogens is 431 g/mol. The van der Waals surface area contributed by atoms with Crippen molar-refractivity contribution in [3.63, 3.8) is 0 Å². The molecule has 1 aromatic heterocycles. The van der Waals surface area contributed by atoms with Gasteiger partial charge in [0.2, 0.25) is 0 Å². The number of nitrogens with zero attached hydrogens (tertiary/aromatic N) is 3. The molecule has 1 amide bonds. The first kappa shape index (κ1) is 21.5. The second-order valence-electron chi connectivity index (χ2n) is 7.70. The number of nitrogens with one attached hydrogen (secondary N) is 1. The van der Waals surface area contributed by atoms with Crippen LogP contribution in [-0.2, 0) is 0 Å². The van der Waals surface area contributed by atoms with Crippen LogP contribution in [0.4, 0.5) is 5.69 Å². The summed E-state index contributed by atoms with van der Waals surface area (Å²) in [7, 11) is 0. The zero-order valence-electron chi connectivity index (χ0n) is 17.5. The van der Waals surface area contributed by atoms with Gasteiger partial charge in [-0.25, -0.2) is 5.43 Å². The highest BCUT2D eigenvalue weighted by molar-refractivity contribution is 6.42. The van der Waals surface area contributed by atoms with Crippen molar-refractivity contribution in [3.8, 4) is 5.69 Å². The molecule has 4 rings (SSSR count). The van der Waals surface area contributed by atoms with E-state index in [0.29, 0.717) is 15.6 Å². The van der Waals surface area contributed by atoms with Gasteiger partial charge >= 0.3 is 0 Å². The molecule has 2 heterocycles. The predicted molar refractivity (Wildman–Crippen MR) is 128 cm³/mol. The van der Waals surface area contributed by atoms with Crippen LogP contribution in [0, 0.1) is 13.8 Å². The van der Waals surface area contributed by atoms with E-state index in [0.717, 1.165) is 41.4 Å². The molecule has 7 heteroatoms. The maximum atomic E-state index is 12.4. The molecular formula is C24H24Cl2N4O. The molecule has 1 N–H and O–H groups in total. The van der Waals surface area contributed by atoms with Gasteiger partial charge in [0.1, 0.15) is 0 Å². The predicted octanol–water partition coefficient (Wildman–Crippen LogP) is 5.77. The number of carbonyl (C=O) groups is 1. The van der Waals surface area contributed by atoms with Crippen LogP contribution >= 0.6 is 23.2 Å². The molecule has 1 saturated heterocycles. The van der Waals surface area contributed by atoms with Gasteiger partial charge in [0.25, 0.3) is 5.91 Å². The summed E-state index contributed by atoms with van der Waals surface area (Å²) in [5.41, 5.74) is 8.21. The van der Waals surface area contributed by atoms with Gasteiger partial charge in [0.15, 0.2) is 0 Å². The van der Waals surface area contributed by atoms with E-state index in [4.69, 9.17) is 23.2 Å². The zero-order valence-corrected chi connectivity index (χ0v) is 19.0. The highest BCUT2D eigenvalue weighted by Crippen LogP contribution is 2.27. The first-order valence-corrected chi connectivity index (χ1v) is 11.0. The van der Waals surface area contributed by atoms with Gasteiger partial charge in [0.05, 0.1) is 16.3 Å². The van der Waals surface area contributed by atoms with Crippen molar-refractivity contribution in [3.05, 3.63) is 81.1 Å². The number of anilines is 1. The molecule has 1 aliphatic rings. The van der Waals surface area contributed by atoms with Crippen molar-refractivity contribution in [1.82, 2.24) is 9.99 Å². The van der Waals surface area contributed by atoms with E-state index in [1.807, 2.05) is 56.3 Å². The van der Waals surface area contributed by atoms with Crippen molar-refractivity contribution in [2.75, 3.05) is 18.0 Å². The molecule has 1 aliphatic heterocycles. The monoisotopic (exact) mass is 454 g/mol. The van der Waals surface area contributed by atoms with E-state index in [1.54, 1.807) is 12.3 Å². The van der Waals surface area contributed by atoms with Gasteiger partial charge in [-0.05, 0) is 75.2 Å². The summed E-state index contributed by atoms with van der Waals surface area (Å²) in [6.07, 6.45) is 4.11. The van der Waals surface area contributed by atoms with Gasteiger partial charge in [-0.3, -0.25) is 4.79 Å². The minimum atomic E-state index is -0.234. The van der Waals surface area contributed by atoms with Crippen LogP contribution in [0.3, 0.4) is 0 Å². The Balaban J connectivity index is 1.45. The normalized spacial score (nSPS) is 13.9. The lowest BCUT2D eigenvalue weighted by molar-refractivity contribution is 0.0955. The van der Waals surface area contributed by atoms with E-state index in [9.17, 15) is 4.79 Å². The second kappa shape index (κ2) is 9.16. The molecule has 0 aliphatic carbocycles. The van der Waals surface area contributed by atoms with E-state index in [2.05, 4.69) is 20.0 Å². The third-order valence-electron chi connectivity index (χ3n) is 5.60. The van der Waals surface area contributed by atoms with Gasteiger partial charge < -0.3 is 9.47 Å². The van der Waals surface area contributed by atoms with Crippen LogP contribution in [0.15, 0.2) is 53.6 Å². The van der Waals surface area contributed by atoms with Crippen molar-refractivity contribution < 1.29 is 4.79 Å². The Kier molecular flexibility index (Phi) is 6.35. The minimum Gasteiger partial charge on any atom is -0.372 e. The number of rotatable bonds is 5. The van der Waals surface area contributed by atoms with E-state index in [-0.39, 0.29) is 5.91 Å². The second-order valence-corrected chi connectivity index (χ2v) is 8.51. The average Bonchev–Trinajstić information content (AvgIpc) is 3.39. The number of aryl methyl sites for hydroxylation is 1. The number of halogens is 2. The summed E-state index contributed by atoms with van der Waals surface area (Å²) in [6.45, 7) is 6.16. The minimum absolute atomic E-state index is 0.234. The Morgan fingerprint density at radius 1 is 0.968 bits per heavy atom. The third kappa shape index (κ3) is 4.63. The number of hydrogen-bond donors (Lipinski definition) is 1. The number of amides is 1. The van der Waals surface area contributed by atoms with Crippen LogP contribution < -0.4 is 10.3 Å². The van der Waals surface area contributed by atoms with Gasteiger partial charge in [-0.15, -0.1) is 0 Å². The zero-order chi connectivity index (χ0) is 22.0. The number of benzene rings is 2. The fourth-order valence-electron chi connectivity index (χ4n) is 3.96. The number of carbonyl (C=O) groups excluding carboxylic acids is 1. The summed E-state index contributed by atoms with van der Waals surface area (Å²) < 4.78 is 2.07. The van der Waals surface area contributed by atoms with Crippen LogP contribution in [0.1, 0.15) is 40.2 Å². The quantitative estimate of drug-likeness (QED) is 0.393.